The number of hydrogen-bond donors (Lipinski definition) is 0. The van der Waals surface area contributed by atoms with Crippen molar-refractivity contribution in [2.24, 2.45) is 5.41 Å². The molecule has 2 aromatic rings. The molecule has 0 aliphatic carbocycles. The number of nitrogens with zero attached hydrogens (tertiary/aromatic N) is 2. The average Bonchev–Trinajstić information content (AvgIpc) is 2.68. The molecule has 1 unspecified atom stereocenters. The first-order chi connectivity index (χ1) is 13.0. The summed E-state index contributed by atoms with van der Waals surface area (Å²) in [7, 11) is -3.46. The molecule has 6 heteroatoms. The number of hydrogen-bond acceptors (Lipinski definition) is 4. The summed E-state index contributed by atoms with van der Waals surface area (Å²) < 4.78 is 33.5. The van der Waals surface area contributed by atoms with Crippen LogP contribution in [-0.2, 0) is 20.5 Å². The highest BCUT2D eigenvalue weighted by molar-refractivity contribution is 7.88. The van der Waals surface area contributed by atoms with Gasteiger partial charge < -0.3 is 4.74 Å². The van der Waals surface area contributed by atoms with Crippen molar-refractivity contribution in [3.05, 3.63) is 71.3 Å². The third-order valence-electron chi connectivity index (χ3n) is 5.73. The van der Waals surface area contributed by atoms with Crippen molar-refractivity contribution in [2.45, 2.75) is 24.6 Å². The van der Waals surface area contributed by atoms with Crippen molar-refractivity contribution in [1.29, 1.82) is 5.26 Å². The van der Waals surface area contributed by atoms with E-state index >= 15 is 0 Å². The van der Waals surface area contributed by atoms with Gasteiger partial charge in [-0.15, -0.1) is 0 Å². The van der Waals surface area contributed by atoms with Gasteiger partial charge in [0, 0.05) is 25.2 Å². The highest BCUT2D eigenvalue weighted by Crippen LogP contribution is 2.56. The minimum atomic E-state index is -3.46. The summed E-state index contributed by atoms with van der Waals surface area (Å²) in [4.78, 5) is 0. The van der Waals surface area contributed by atoms with E-state index < -0.39 is 10.0 Å². The Bertz CT molecular complexity index is 943. The third-order valence-corrected chi connectivity index (χ3v) is 7.48. The molecule has 2 aromatic carbocycles. The standard InChI is InChI=1S/C21H22N2O3S/c22-14-17-6-8-18(9-7-17)15-27(24,25)23-16-21(10-12-26-13-11-21)20(23)19-4-2-1-3-5-19/h1-9,20H,10-13,15-16H2. The largest absolute Gasteiger partial charge is 0.381 e. The minimum Gasteiger partial charge on any atom is -0.381 e. The number of benzene rings is 2. The van der Waals surface area contributed by atoms with E-state index in [-0.39, 0.29) is 17.2 Å². The first-order valence-corrected chi connectivity index (χ1v) is 10.8. The summed E-state index contributed by atoms with van der Waals surface area (Å²) in [6.45, 7) is 1.92. The van der Waals surface area contributed by atoms with Gasteiger partial charge in [0.2, 0.25) is 10.0 Å². The van der Waals surface area contributed by atoms with Crippen molar-refractivity contribution in [2.75, 3.05) is 19.8 Å². The van der Waals surface area contributed by atoms with Gasteiger partial charge in [-0.25, -0.2) is 8.42 Å². The van der Waals surface area contributed by atoms with Crippen molar-refractivity contribution < 1.29 is 13.2 Å². The molecule has 0 bridgehead atoms. The van der Waals surface area contributed by atoms with Crippen LogP contribution in [0.1, 0.15) is 35.6 Å². The van der Waals surface area contributed by atoms with Crippen LogP contribution in [0.4, 0.5) is 0 Å². The molecule has 2 aliphatic rings. The van der Waals surface area contributed by atoms with Gasteiger partial charge in [-0.1, -0.05) is 42.5 Å². The smallest absolute Gasteiger partial charge is 0.218 e. The van der Waals surface area contributed by atoms with Gasteiger partial charge in [-0.2, -0.15) is 9.57 Å². The van der Waals surface area contributed by atoms with E-state index in [1.807, 2.05) is 30.3 Å². The second-order valence-corrected chi connectivity index (χ2v) is 9.32. The zero-order chi connectivity index (χ0) is 18.9. The fourth-order valence-corrected chi connectivity index (χ4v) is 6.17. The fraction of sp³-hybridized carbons (Fsp3) is 0.381. The average molecular weight is 382 g/mol. The second kappa shape index (κ2) is 7.08. The summed E-state index contributed by atoms with van der Waals surface area (Å²) in [5.41, 5.74) is 2.25. The molecule has 2 aliphatic heterocycles. The van der Waals surface area contributed by atoms with Crippen LogP contribution < -0.4 is 0 Å². The molecule has 1 atom stereocenters. The van der Waals surface area contributed by atoms with Crippen LogP contribution in [0.5, 0.6) is 0 Å². The molecule has 140 valence electrons. The number of ether oxygens (including phenoxy) is 1. The van der Waals surface area contributed by atoms with E-state index in [4.69, 9.17) is 10.00 Å². The molecule has 2 fully saturated rings. The number of rotatable bonds is 4. The Labute approximate surface area is 160 Å². The molecule has 0 saturated carbocycles. The topological polar surface area (TPSA) is 70.4 Å². The minimum absolute atomic E-state index is 0.0304. The van der Waals surface area contributed by atoms with Crippen LogP contribution in [-0.4, -0.2) is 32.5 Å². The predicted molar refractivity (Wildman–Crippen MR) is 102 cm³/mol. The molecule has 2 saturated heterocycles. The lowest BCUT2D eigenvalue weighted by Gasteiger charge is -2.58. The molecular weight excluding hydrogens is 360 g/mol. The molecule has 27 heavy (non-hydrogen) atoms. The van der Waals surface area contributed by atoms with E-state index in [9.17, 15) is 8.42 Å². The van der Waals surface area contributed by atoms with Gasteiger partial charge in [0.15, 0.2) is 0 Å². The summed E-state index contributed by atoms with van der Waals surface area (Å²) in [5.74, 6) is -0.0470. The van der Waals surface area contributed by atoms with E-state index in [0.29, 0.717) is 30.9 Å². The Balaban J connectivity index is 1.62. The van der Waals surface area contributed by atoms with Gasteiger partial charge >= 0.3 is 0 Å². The highest BCUT2D eigenvalue weighted by Gasteiger charge is 2.57. The first kappa shape index (κ1) is 18.2. The van der Waals surface area contributed by atoms with Crippen molar-refractivity contribution >= 4 is 10.0 Å². The monoisotopic (exact) mass is 382 g/mol. The maximum Gasteiger partial charge on any atom is 0.218 e. The van der Waals surface area contributed by atoms with Gasteiger partial charge in [0.05, 0.1) is 23.4 Å². The van der Waals surface area contributed by atoms with Crippen LogP contribution in [0.15, 0.2) is 54.6 Å². The summed E-state index contributed by atoms with van der Waals surface area (Å²) >= 11 is 0. The molecule has 5 nitrogen and oxygen atoms in total. The van der Waals surface area contributed by atoms with Crippen LogP contribution in [0.3, 0.4) is 0 Å². The summed E-state index contributed by atoms with van der Waals surface area (Å²) in [6, 6.07) is 18.6. The molecule has 0 amide bonds. The van der Waals surface area contributed by atoms with Gasteiger partial charge in [-0.05, 0) is 36.1 Å². The Morgan fingerprint density at radius 3 is 2.37 bits per heavy atom. The maximum absolute atomic E-state index is 13.2. The lowest BCUT2D eigenvalue weighted by molar-refractivity contribution is -0.0953. The van der Waals surface area contributed by atoms with Crippen LogP contribution in [0, 0.1) is 16.7 Å². The summed E-state index contributed by atoms with van der Waals surface area (Å²) in [6.07, 6.45) is 1.77. The Morgan fingerprint density at radius 2 is 1.74 bits per heavy atom. The zero-order valence-electron chi connectivity index (χ0n) is 15.0. The molecule has 0 aromatic heterocycles. The first-order valence-electron chi connectivity index (χ1n) is 9.15. The third kappa shape index (κ3) is 3.39. The molecule has 0 radical (unpaired) electrons. The summed E-state index contributed by atoms with van der Waals surface area (Å²) in [5, 5.41) is 8.91. The predicted octanol–water partition coefficient (Wildman–Crippen LogP) is 3.24. The van der Waals surface area contributed by atoms with E-state index in [1.165, 1.54) is 0 Å². The lowest BCUT2D eigenvalue weighted by atomic mass is 9.65. The van der Waals surface area contributed by atoms with E-state index in [0.717, 1.165) is 18.4 Å². The van der Waals surface area contributed by atoms with E-state index in [2.05, 4.69) is 6.07 Å². The molecule has 1 spiro atoms. The van der Waals surface area contributed by atoms with Gasteiger partial charge in [0.25, 0.3) is 0 Å². The SMILES string of the molecule is N#Cc1ccc(CS(=O)(=O)N2CC3(CCOCC3)C2c2ccccc2)cc1. The quantitative estimate of drug-likeness (QED) is 0.814. The fourth-order valence-electron chi connectivity index (χ4n) is 4.27. The normalized spacial score (nSPS) is 22.1. The molecule has 4 rings (SSSR count). The Kier molecular flexibility index (Phi) is 4.77. The van der Waals surface area contributed by atoms with Crippen molar-refractivity contribution in [3.63, 3.8) is 0 Å². The second-order valence-electron chi connectivity index (χ2n) is 7.40. The van der Waals surface area contributed by atoms with Gasteiger partial charge in [-0.3, -0.25) is 0 Å². The Hall–Kier alpha value is -2.20. The van der Waals surface area contributed by atoms with Crippen LogP contribution >= 0.6 is 0 Å². The van der Waals surface area contributed by atoms with Crippen molar-refractivity contribution in [3.8, 4) is 6.07 Å². The molecule has 0 N–H and O–H groups in total. The number of nitriles is 1. The lowest BCUT2D eigenvalue weighted by Crippen LogP contribution is -2.62. The zero-order valence-corrected chi connectivity index (χ0v) is 15.9. The molecular formula is C21H22N2O3S. The highest BCUT2D eigenvalue weighted by atomic mass is 32.2. The Morgan fingerprint density at radius 1 is 1.07 bits per heavy atom. The molecule has 2 heterocycles. The van der Waals surface area contributed by atoms with Crippen LogP contribution in [0.2, 0.25) is 0 Å². The van der Waals surface area contributed by atoms with E-state index in [1.54, 1.807) is 28.6 Å². The van der Waals surface area contributed by atoms with Crippen LogP contribution in [0.25, 0.3) is 0 Å². The number of sulfonamides is 1. The van der Waals surface area contributed by atoms with Gasteiger partial charge in [0.1, 0.15) is 0 Å². The maximum atomic E-state index is 13.2. The van der Waals surface area contributed by atoms with Crippen molar-refractivity contribution in [1.82, 2.24) is 4.31 Å².